The number of ether oxygens (including phenoxy) is 1. The molecule has 3 saturated carbocycles. The first kappa shape index (κ1) is 26.9. The Kier molecular flexibility index (Phi) is 5.08. The number of hydrogen-bond acceptors (Lipinski definition) is 5. The summed E-state index contributed by atoms with van der Waals surface area (Å²) in [4.78, 5) is 19.3. The van der Waals surface area contributed by atoms with Gasteiger partial charge in [-0.2, -0.15) is 0 Å². The molecule has 0 radical (unpaired) electrons. The highest BCUT2D eigenvalue weighted by atomic mass is 16.5. The second kappa shape index (κ2) is 8.68. The van der Waals surface area contributed by atoms with Gasteiger partial charge in [-0.15, -0.1) is 0 Å². The van der Waals surface area contributed by atoms with Gasteiger partial charge in [0.25, 0.3) is 0 Å². The summed E-state index contributed by atoms with van der Waals surface area (Å²) in [6.45, 7) is 6.99. The number of carbonyl (C=O) groups excluding carboxylic acids is 1. The zero-order valence-electron chi connectivity index (χ0n) is 27.4. The number of nitrogens with one attached hydrogen (secondary N) is 1. The predicted octanol–water partition coefficient (Wildman–Crippen LogP) is 6.74. The van der Waals surface area contributed by atoms with Crippen LogP contribution in [0.25, 0.3) is 10.9 Å². The van der Waals surface area contributed by atoms with Gasteiger partial charge in [-0.3, -0.25) is 14.6 Å². The quantitative estimate of drug-likeness (QED) is 0.262. The van der Waals surface area contributed by atoms with Crippen molar-refractivity contribution in [1.82, 2.24) is 14.4 Å². The van der Waals surface area contributed by atoms with E-state index in [0.29, 0.717) is 12.1 Å². The second-order valence-electron chi connectivity index (χ2n) is 16.4. The van der Waals surface area contributed by atoms with Crippen molar-refractivity contribution in [2.24, 2.45) is 16.7 Å². The summed E-state index contributed by atoms with van der Waals surface area (Å²) < 4.78 is 8.40. The fourth-order valence-corrected chi connectivity index (χ4v) is 13.8. The maximum Gasteiger partial charge on any atom is 0.311 e. The molecular weight excluding hydrogens is 568 g/mol. The molecule has 7 heterocycles. The van der Waals surface area contributed by atoms with Crippen LogP contribution in [0.15, 0.2) is 54.6 Å². The van der Waals surface area contributed by atoms with Gasteiger partial charge in [-0.05, 0) is 105 Å². The third-order valence-corrected chi connectivity index (χ3v) is 15.3. The lowest BCUT2D eigenvalue weighted by molar-refractivity contribution is -0.171. The Bertz CT molecular complexity index is 1880. The number of aromatic nitrogens is 1. The number of anilines is 1. The molecule has 2 aromatic carbocycles. The summed E-state index contributed by atoms with van der Waals surface area (Å²) in [5, 5.41) is 5.62. The molecule has 12 rings (SSSR count). The monoisotopic (exact) mass is 614 g/mol. The molecule has 1 N–H and O–H groups in total. The van der Waals surface area contributed by atoms with Gasteiger partial charge in [-0.25, -0.2) is 0 Å². The SMILES string of the molecule is CCC12C=CCN3CCc4c(n(c5ccccc45)C(c4ccc5c(c4)C46CCN7CCCC8(CCC4(N5)C(C(=O)OC)C8)C76)C1)C32. The molecule has 6 aliphatic heterocycles. The number of piperidine rings is 1. The molecule has 238 valence electrons. The highest BCUT2D eigenvalue weighted by Gasteiger charge is 2.79. The number of carbonyl (C=O) groups is 1. The molecule has 2 saturated heterocycles. The van der Waals surface area contributed by atoms with Gasteiger partial charge in [0.2, 0.25) is 0 Å². The molecule has 1 aromatic heterocycles. The Morgan fingerprint density at radius 3 is 2.83 bits per heavy atom. The van der Waals surface area contributed by atoms with Crippen LogP contribution in [0.1, 0.15) is 92.8 Å². The van der Waals surface area contributed by atoms with Crippen molar-refractivity contribution in [3.8, 4) is 0 Å². The van der Waals surface area contributed by atoms with E-state index in [1.807, 2.05) is 0 Å². The van der Waals surface area contributed by atoms with Crippen LogP contribution in [-0.2, 0) is 21.4 Å². The van der Waals surface area contributed by atoms with Crippen LogP contribution in [-0.4, -0.2) is 65.2 Å². The highest BCUT2D eigenvalue weighted by molar-refractivity contribution is 5.87. The summed E-state index contributed by atoms with van der Waals surface area (Å²) >= 11 is 0. The molecular formula is C40H46N4O2. The van der Waals surface area contributed by atoms with E-state index in [2.05, 4.69) is 81.2 Å². The summed E-state index contributed by atoms with van der Waals surface area (Å²) in [5.41, 5.74) is 8.88. The zero-order valence-corrected chi connectivity index (χ0v) is 27.4. The highest BCUT2D eigenvalue weighted by Crippen LogP contribution is 2.74. The summed E-state index contributed by atoms with van der Waals surface area (Å²) in [6, 6.07) is 18.0. The molecule has 9 aliphatic rings. The van der Waals surface area contributed by atoms with Crippen LogP contribution in [0.2, 0.25) is 0 Å². The Hall–Kier alpha value is -3.09. The molecule has 0 amide bonds. The van der Waals surface area contributed by atoms with E-state index >= 15 is 0 Å². The first-order chi connectivity index (χ1) is 22.5. The summed E-state index contributed by atoms with van der Waals surface area (Å²) in [7, 11) is 1.61. The number of para-hydroxylation sites is 1. The number of hydrogen-bond donors (Lipinski definition) is 1. The van der Waals surface area contributed by atoms with Crippen LogP contribution >= 0.6 is 0 Å². The molecule has 8 unspecified atom stereocenters. The van der Waals surface area contributed by atoms with Crippen LogP contribution in [0, 0.1) is 16.7 Å². The molecule has 6 nitrogen and oxygen atoms in total. The topological polar surface area (TPSA) is 49.7 Å². The standard InChI is InChI=1S/C40H46N4O2/c1-3-37-13-6-18-42-20-12-27-26-8-4-5-9-31(26)44(33(27)34(37)42)32(24-37)25-10-11-30-28(22-25)39-17-21-43-19-7-14-38(36(39)43)15-16-40(39,41-30)29(23-38)35(45)46-2/h4-6,8-11,13,22,29,32,34,36,41H,3,7,12,14-21,23-24H2,1-2H3. The maximum atomic E-state index is 13.7. The van der Waals surface area contributed by atoms with E-state index < -0.39 is 0 Å². The molecule has 46 heavy (non-hydrogen) atoms. The molecule has 5 fully saturated rings. The average molecular weight is 615 g/mol. The van der Waals surface area contributed by atoms with Crippen LogP contribution in [0.4, 0.5) is 5.69 Å². The van der Waals surface area contributed by atoms with Crippen molar-refractivity contribution in [1.29, 1.82) is 0 Å². The molecule has 2 bridgehead atoms. The normalized spacial score (nSPS) is 41.1. The number of methoxy groups -OCH3 is 1. The van der Waals surface area contributed by atoms with Gasteiger partial charge in [0.1, 0.15) is 0 Å². The molecule has 3 aromatic rings. The van der Waals surface area contributed by atoms with E-state index in [9.17, 15) is 4.79 Å². The van der Waals surface area contributed by atoms with Crippen molar-refractivity contribution in [3.05, 3.63) is 77.0 Å². The smallest absolute Gasteiger partial charge is 0.311 e. The van der Waals surface area contributed by atoms with Crippen molar-refractivity contribution in [3.63, 3.8) is 0 Å². The van der Waals surface area contributed by atoms with Gasteiger partial charge in [0, 0.05) is 52.2 Å². The first-order valence-corrected chi connectivity index (χ1v) is 18.3. The lowest BCUT2D eigenvalue weighted by Crippen LogP contribution is -2.76. The Labute approximate surface area is 272 Å². The van der Waals surface area contributed by atoms with Gasteiger partial charge in [0.05, 0.1) is 30.7 Å². The predicted molar refractivity (Wildman–Crippen MR) is 180 cm³/mol. The maximum absolute atomic E-state index is 13.7. The van der Waals surface area contributed by atoms with Crippen molar-refractivity contribution >= 4 is 22.6 Å². The van der Waals surface area contributed by atoms with E-state index in [4.69, 9.17) is 4.74 Å². The van der Waals surface area contributed by atoms with Gasteiger partial charge >= 0.3 is 5.97 Å². The van der Waals surface area contributed by atoms with Crippen LogP contribution in [0.3, 0.4) is 0 Å². The Balaban J connectivity index is 1.14. The molecule has 3 spiro atoms. The lowest BCUT2D eigenvalue weighted by Gasteiger charge is -2.69. The van der Waals surface area contributed by atoms with Crippen LogP contribution < -0.4 is 5.32 Å². The second-order valence-corrected chi connectivity index (χ2v) is 16.4. The minimum Gasteiger partial charge on any atom is -0.469 e. The van der Waals surface area contributed by atoms with Crippen LogP contribution in [0.5, 0.6) is 0 Å². The third kappa shape index (κ3) is 2.82. The molecule has 8 atom stereocenters. The zero-order chi connectivity index (χ0) is 30.6. The average Bonchev–Trinajstić information content (AvgIpc) is 3.76. The number of esters is 1. The molecule has 6 heteroatoms. The van der Waals surface area contributed by atoms with E-state index in [0.717, 1.165) is 58.2 Å². The number of fused-ring (bicyclic) bond motifs is 6. The van der Waals surface area contributed by atoms with E-state index in [1.54, 1.807) is 18.4 Å². The number of rotatable bonds is 3. The van der Waals surface area contributed by atoms with Gasteiger partial charge in [0.15, 0.2) is 0 Å². The Morgan fingerprint density at radius 1 is 1.02 bits per heavy atom. The van der Waals surface area contributed by atoms with E-state index in [1.165, 1.54) is 53.5 Å². The third-order valence-electron chi connectivity index (χ3n) is 15.3. The van der Waals surface area contributed by atoms with Gasteiger partial charge < -0.3 is 14.6 Å². The number of benzene rings is 2. The largest absolute Gasteiger partial charge is 0.469 e. The Morgan fingerprint density at radius 2 is 1.93 bits per heavy atom. The van der Waals surface area contributed by atoms with Crippen molar-refractivity contribution < 1.29 is 9.53 Å². The number of nitrogens with zero attached hydrogens (tertiary/aromatic N) is 3. The summed E-state index contributed by atoms with van der Waals surface area (Å²) in [6.07, 6.45) is 15.4. The minimum absolute atomic E-state index is 0.00346. The fourth-order valence-electron chi connectivity index (χ4n) is 13.8. The van der Waals surface area contributed by atoms with Crippen molar-refractivity contribution in [2.45, 2.75) is 93.8 Å². The summed E-state index contributed by atoms with van der Waals surface area (Å²) in [5.74, 6) is -0.0855. The fraction of sp³-hybridized carbons (Fsp3) is 0.575. The van der Waals surface area contributed by atoms with E-state index in [-0.39, 0.29) is 39.7 Å². The van der Waals surface area contributed by atoms with Crippen molar-refractivity contribution in [2.75, 3.05) is 38.6 Å². The first-order valence-electron chi connectivity index (χ1n) is 18.3. The minimum atomic E-state index is -0.256. The van der Waals surface area contributed by atoms with Gasteiger partial charge in [-0.1, -0.05) is 49.4 Å². The molecule has 3 aliphatic carbocycles. The lowest BCUT2D eigenvalue weighted by atomic mass is 9.39.